The summed E-state index contributed by atoms with van der Waals surface area (Å²) in [6.07, 6.45) is 5.26. The molecule has 0 saturated carbocycles. The van der Waals surface area contributed by atoms with Crippen molar-refractivity contribution in [3.05, 3.63) is 120 Å². The van der Waals surface area contributed by atoms with E-state index in [0.717, 1.165) is 11.3 Å². The number of ether oxygens (including phenoxy) is 2. The van der Waals surface area contributed by atoms with E-state index in [-0.39, 0.29) is 5.78 Å². The molecule has 4 nitrogen and oxygen atoms in total. The first-order chi connectivity index (χ1) is 15.0. The fraction of sp³-hybridized carbons (Fsp3) is 0.111. The second-order valence-corrected chi connectivity index (χ2v) is 7.54. The summed E-state index contributed by atoms with van der Waals surface area (Å²) in [5.41, 5.74) is 2.76. The molecule has 0 fully saturated rings. The van der Waals surface area contributed by atoms with Gasteiger partial charge in [0.25, 0.3) is 0 Å². The van der Waals surface area contributed by atoms with Crippen molar-refractivity contribution >= 4 is 23.4 Å². The second-order valence-electron chi connectivity index (χ2n) is 7.54. The Morgan fingerprint density at radius 1 is 0.839 bits per heavy atom. The SMILES string of the molecule is CC1(C)OC(c2ccccc2)=C/C(=C/C=Nc2ccccc2C(=O)c2ccccc2)O1. The van der Waals surface area contributed by atoms with E-state index in [0.29, 0.717) is 22.6 Å². The number of carbonyl (C=O) groups excluding carboxylic acids is 1. The molecule has 0 bridgehead atoms. The van der Waals surface area contributed by atoms with Gasteiger partial charge in [-0.3, -0.25) is 9.79 Å². The van der Waals surface area contributed by atoms with Crippen molar-refractivity contribution in [2.45, 2.75) is 19.6 Å². The van der Waals surface area contributed by atoms with Crippen molar-refractivity contribution in [1.29, 1.82) is 0 Å². The van der Waals surface area contributed by atoms with Gasteiger partial charge in [-0.1, -0.05) is 72.8 Å². The number of nitrogens with zero attached hydrogens (tertiary/aromatic N) is 1. The number of rotatable bonds is 5. The third-order valence-electron chi connectivity index (χ3n) is 4.69. The third kappa shape index (κ3) is 4.98. The highest BCUT2D eigenvalue weighted by Crippen LogP contribution is 2.32. The summed E-state index contributed by atoms with van der Waals surface area (Å²) in [7, 11) is 0. The number of hydrogen-bond acceptors (Lipinski definition) is 4. The zero-order valence-electron chi connectivity index (χ0n) is 17.5. The average molecular weight is 409 g/mol. The van der Waals surface area contributed by atoms with Gasteiger partial charge >= 0.3 is 0 Å². The Bertz CT molecular complexity index is 1160. The summed E-state index contributed by atoms with van der Waals surface area (Å²) >= 11 is 0. The van der Waals surface area contributed by atoms with Gasteiger partial charge in [0.05, 0.1) is 5.69 Å². The minimum absolute atomic E-state index is 0.0595. The number of allylic oxidation sites excluding steroid dienone is 2. The molecule has 0 aliphatic carbocycles. The molecule has 0 saturated heterocycles. The molecule has 0 atom stereocenters. The molecule has 0 spiro atoms. The van der Waals surface area contributed by atoms with E-state index in [9.17, 15) is 4.79 Å². The number of carbonyl (C=O) groups is 1. The first kappa shape index (κ1) is 20.4. The number of aliphatic imine (C=N–C) groups is 1. The lowest BCUT2D eigenvalue weighted by Gasteiger charge is -2.33. The van der Waals surface area contributed by atoms with E-state index in [2.05, 4.69) is 4.99 Å². The van der Waals surface area contributed by atoms with Crippen LogP contribution in [0.3, 0.4) is 0 Å². The number of hydrogen-bond donors (Lipinski definition) is 0. The van der Waals surface area contributed by atoms with Crippen molar-refractivity contribution in [3.8, 4) is 0 Å². The standard InChI is InChI=1S/C27H23NO3/c1-27(2)30-22(19-25(31-27)20-11-5-3-6-12-20)17-18-28-24-16-10-9-15-23(24)26(29)21-13-7-4-8-14-21/h3-19H,1-2H3/b22-17-,28-18?. The molecule has 0 unspecified atom stereocenters. The monoisotopic (exact) mass is 409 g/mol. The lowest BCUT2D eigenvalue weighted by Crippen LogP contribution is -2.30. The number of para-hydroxylation sites is 1. The minimum atomic E-state index is -0.805. The van der Waals surface area contributed by atoms with Gasteiger partial charge < -0.3 is 9.47 Å². The van der Waals surface area contributed by atoms with Gasteiger partial charge in [-0.25, -0.2) is 0 Å². The van der Waals surface area contributed by atoms with Gasteiger partial charge in [-0.15, -0.1) is 0 Å². The zero-order valence-corrected chi connectivity index (χ0v) is 17.5. The van der Waals surface area contributed by atoms with E-state index < -0.39 is 5.79 Å². The highest BCUT2D eigenvalue weighted by atomic mass is 16.7. The predicted octanol–water partition coefficient (Wildman–Crippen LogP) is 6.33. The summed E-state index contributed by atoms with van der Waals surface area (Å²) in [5, 5.41) is 0. The minimum Gasteiger partial charge on any atom is -0.453 e. The van der Waals surface area contributed by atoms with Crippen molar-refractivity contribution in [3.63, 3.8) is 0 Å². The van der Waals surface area contributed by atoms with Crippen molar-refractivity contribution in [2.24, 2.45) is 4.99 Å². The Morgan fingerprint density at radius 3 is 2.23 bits per heavy atom. The van der Waals surface area contributed by atoms with Crippen molar-refractivity contribution in [1.82, 2.24) is 0 Å². The molecule has 0 radical (unpaired) electrons. The van der Waals surface area contributed by atoms with Crippen LogP contribution in [0.25, 0.3) is 5.76 Å². The van der Waals surface area contributed by atoms with Crippen LogP contribution < -0.4 is 0 Å². The Hall–Kier alpha value is -3.92. The molecule has 4 heteroatoms. The maximum atomic E-state index is 12.9. The largest absolute Gasteiger partial charge is 0.453 e. The molecule has 0 N–H and O–H groups in total. The van der Waals surface area contributed by atoms with Crippen LogP contribution in [0.15, 0.2) is 108 Å². The lowest BCUT2D eigenvalue weighted by atomic mass is 10.0. The van der Waals surface area contributed by atoms with Crippen molar-refractivity contribution in [2.75, 3.05) is 0 Å². The van der Waals surface area contributed by atoms with Crippen LogP contribution in [0.1, 0.15) is 35.3 Å². The molecule has 154 valence electrons. The van der Waals surface area contributed by atoms with Crippen LogP contribution in [0, 0.1) is 0 Å². The Labute approximate surface area is 182 Å². The fourth-order valence-corrected chi connectivity index (χ4v) is 3.30. The van der Waals surface area contributed by atoms with Gasteiger partial charge in [0.15, 0.2) is 5.78 Å². The molecule has 4 rings (SSSR count). The predicted molar refractivity (Wildman–Crippen MR) is 123 cm³/mol. The summed E-state index contributed by atoms with van der Waals surface area (Å²) in [6, 6.07) is 26.4. The molecule has 0 amide bonds. The number of ketones is 1. The van der Waals surface area contributed by atoms with Gasteiger partial charge in [0.2, 0.25) is 5.79 Å². The Morgan fingerprint density at radius 2 is 1.48 bits per heavy atom. The zero-order chi connectivity index (χ0) is 21.7. The lowest BCUT2D eigenvalue weighted by molar-refractivity contribution is -0.149. The van der Waals surface area contributed by atoms with E-state index >= 15 is 0 Å². The summed E-state index contributed by atoms with van der Waals surface area (Å²) in [4.78, 5) is 17.4. The highest BCUT2D eigenvalue weighted by Gasteiger charge is 2.28. The Kier molecular flexibility index (Phi) is 5.80. The van der Waals surface area contributed by atoms with Crippen LogP contribution in [0.4, 0.5) is 5.69 Å². The smallest absolute Gasteiger partial charge is 0.245 e. The molecule has 1 aliphatic rings. The molecular formula is C27H23NO3. The fourth-order valence-electron chi connectivity index (χ4n) is 3.30. The first-order valence-corrected chi connectivity index (χ1v) is 10.1. The van der Waals surface area contributed by atoms with E-state index in [4.69, 9.17) is 9.47 Å². The second kappa shape index (κ2) is 8.84. The van der Waals surface area contributed by atoms with Crippen LogP contribution >= 0.6 is 0 Å². The highest BCUT2D eigenvalue weighted by molar-refractivity contribution is 6.12. The molecular weight excluding hydrogens is 386 g/mol. The molecule has 3 aromatic carbocycles. The average Bonchev–Trinajstić information content (AvgIpc) is 2.79. The number of benzene rings is 3. The normalized spacial score (nSPS) is 16.5. The topological polar surface area (TPSA) is 47.9 Å². The first-order valence-electron chi connectivity index (χ1n) is 10.1. The van der Waals surface area contributed by atoms with Crippen LogP contribution in [0.5, 0.6) is 0 Å². The molecule has 0 aromatic heterocycles. The van der Waals surface area contributed by atoms with Gasteiger partial charge in [0, 0.05) is 42.8 Å². The molecule has 1 heterocycles. The van der Waals surface area contributed by atoms with Crippen LogP contribution in [0.2, 0.25) is 0 Å². The van der Waals surface area contributed by atoms with Gasteiger partial charge in [-0.2, -0.15) is 0 Å². The Balaban J connectivity index is 1.61. The quantitative estimate of drug-likeness (QED) is 0.365. The van der Waals surface area contributed by atoms with Crippen molar-refractivity contribution < 1.29 is 14.3 Å². The molecule has 3 aromatic rings. The maximum Gasteiger partial charge on any atom is 0.245 e. The molecule has 1 aliphatic heterocycles. The summed E-state index contributed by atoms with van der Waals surface area (Å²) < 4.78 is 11.9. The van der Waals surface area contributed by atoms with Gasteiger partial charge in [0.1, 0.15) is 11.5 Å². The van der Waals surface area contributed by atoms with E-state index in [1.165, 1.54) is 0 Å². The summed E-state index contributed by atoms with van der Waals surface area (Å²) in [6.45, 7) is 3.73. The maximum absolute atomic E-state index is 12.9. The van der Waals surface area contributed by atoms with Gasteiger partial charge in [-0.05, 0) is 18.2 Å². The summed E-state index contributed by atoms with van der Waals surface area (Å²) in [5.74, 6) is 0.499. The third-order valence-corrected chi connectivity index (χ3v) is 4.69. The van der Waals surface area contributed by atoms with Crippen LogP contribution in [-0.2, 0) is 9.47 Å². The molecule has 31 heavy (non-hydrogen) atoms. The van der Waals surface area contributed by atoms with E-state index in [1.807, 2.05) is 86.7 Å². The van der Waals surface area contributed by atoms with Crippen LogP contribution in [-0.4, -0.2) is 17.8 Å². The van der Waals surface area contributed by atoms with E-state index in [1.54, 1.807) is 30.5 Å².